The normalized spacial score (nSPS) is 14.8. The third kappa shape index (κ3) is 5.03. The summed E-state index contributed by atoms with van der Waals surface area (Å²) in [4.78, 5) is 19.9. The van der Waals surface area contributed by atoms with Gasteiger partial charge in [-0.25, -0.2) is 19.9 Å². The Hall–Kier alpha value is -7.82. The van der Waals surface area contributed by atoms with Crippen LogP contribution >= 0.6 is 0 Å². The SMILES string of the molecule is C1=Cc2ccc(-c3cc(-c4ccccc4)nc(-c4cnc(-c5ccccc5)nc4)n3)cc2C2(c3ccccc31)c1ccccc1-c1c2c2ccccc2c2ccccc12. The fraction of sp³-hybridized carbons (Fsp3) is 0.0182. The Morgan fingerprint density at radius 2 is 0.915 bits per heavy atom. The van der Waals surface area contributed by atoms with Gasteiger partial charge in [0.2, 0.25) is 0 Å². The molecule has 10 aromatic rings. The van der Waals surface area contributed by atoms with E-state index >= 15 is 0 Å². The average Bonchev–Trinajstić information content (AvgIpc) is 3.55. The van der Waals surface area contributed by atoms with Gasteiger partial charge in [-0.1, -0.05) is 182 Å². The standard InChI is InChI=1S/C55H34N4/c1-3-16-37(17-4-1)49-32-50(59-54(58-49)40-33-56-53(57-34-40)38-18-5-2-6-19-38)39-30-29-36-28-27-35-15-7-13-25-46(35)55(48(36)31-39)47-26-14-12-24-45(47)51-43-22-10-8-20-41(43)42-21-9-11-23-44(42)52(51)55/h1-34H. The highest BCUT2D eigenvalue weighted by Crippen LogP contribution is 2.62. The summed E-state index contributed by atoms with van der Waals surface area (Å²) in [6.45, 7) is 0. The molecule has 59 heavy (non-hydrogen) atoms. The minimum Gasteiger partial charge on any atom is -0.236 e. The van der Waals surface area contributed by atoms with Gasteiger partial charge in [-0.15, -0.1) is 0 Å². The average molecular weight is 751 g/mol. The number of hydrogen-bond donors (Lipinski definition) is 0. The van der Waals surface area contributed by atoms with E-state index in [-0.39, 0.29) is 0 Å². The molecule has 2 heterocycles. The number of nitrogens with zero attached hydrogens (tertiary/aromatic N) is 4. The van der Waals surface area contributed by atoms with Gasteiger partial charge in [0.05, 0.1) is 22.4 Å². The number of hydrogen-bond acceptors (Lipinski definition) is 4. The van der Waals surface area contributed by atoms with E-state index in [1.54, 1.807) is 0 Å². The summed E-state index contributed by atoms with van der Waals surface area (Å²) in [5.74, 6) is 1.24. The molecule has 0 bridgehead atoms. The molecule has 274 valence electrons. The molecule has 1 atom stereocenters. The molecular formula is C55H34N4. The number of rotatable bonds is 4. The highest BCUT2D eigenvalue weighted by atomic mass is 14.9. The van der Waals surface area contributed by atoms with Crippen LogP contribution in [0, 0.1) is 0 Å². The topological polar surface area (TPSA) is 51.6 Å². The summed E-state index contributed by atoms with van der Waals surface area (Å²) in [5, 5.41) is 5.06. The fourth-order valence-corrected chi connectivity index (χ4v) is 9.69. The van der Waals surface area contributed by atoms with Crippen molar-refractivity contribution in [3.05, 3.63) is 228 Å². The molecule has 12 rings (SSSR count). The first kappa shape index (κ1) is 33.3. The van der Waals surface area contributed by atoms with Crippen LogP contribution in [0.15, 0.2) is 194 Å². The summed E-state index contributed by atoms with van der Waals surface area (Å²) in [6, 6.07) is 65.3. The van der Waals surface area contributed by atoms with E-state index < -0.39 is 5.41 Å². The molecule has 0 N–H and O–H groups in total. The molecule has 2 aromatic heterocycles. The van der Waals surface area contributed by atoms with Crippen molar-refractivity contribution in [1.29, 1.82) is 0 Å². The molecule has 4 heteroatoms. The van der Waals surface area contributed by atoms with E-state index in [4.69, 9.17) is 19.9 Å². The summed E-state index contributed by atoms with van der Waals surface area (Å²) < 4.78 is 0. The monoisotopic (exact) mass is 750 g/mol. The van der Waals surface area contributed by atoms with E-state index in [0.29, 0.717) is 11.6 Å². The lowest BCUT2D eigenvalue weighted by Crippen LogP contribution is -2.30. The van der Waals surface area contributed by atoms with E-state index in [0.717, 1.165) is 33.6 Å². The maximum Gasteiger partial charge on any atom is 0.163 e. The lowest BCUT2D eigenvalue weighted by molar-refractivity contribution is 0.774. The van der Waals surface area contributed by atoms with Crippen LogP contribution in [-0.2, 0) is 5.41 Å². The highest BCUT2D eigenvalue weighted by molar-refractivity contribution is 6.19. The van der Waals surface area contributed by atoms with E-state index in [1.165, 1.54) is 66.1 Å². The zero-order chi connectivity index (χ0) is 38.9. The van der Waals surface area contributed by atoms with Crippen molar-refractivity contribution in [1.82, 2.24) is 19.9 Å². The molecule has 4 nitrogen and oxygen atoms in total. The number of fused-ring (bicyclic) bond motifs is 14. The summed E-state index contributed by atoms with van der Waals surface area (Å²) in [5.41, 5.74) is 14.8. The van der Waals surface area contributed by atoms with Gasteiger partial charge in [0, 0.05) is 29.1 Å². The predicted octanol–water partition coefficient (Wildman–Crippen LogP) is 13.1. The molecular weight excluding hydrogens is 717 g/mol. The highest BCUT2D eigenvalue weighted by Gasteiger charge is 2.50. The van der Waals surface area contributed by atoms with Gasteiger partial charge in [-0.2, -0.15) is 0 Å². The molecule has 0 fully saturated rings. The van der Waals surface area contributed by atoms with Gasteiger partial charge in [0.15, 0.2) is 11.6 Å². The second-order valence-corrected chi connectivity index (χ2v) is 15.3. The maximum atomic E-state index is 5.30. The Kier molecular flexibility index (Phi) is 7.41. The van der Waals surface area contributed by atoms with Crippen molar-refractivity contribution in [2.24, 2.45) is 0 Å². The van der Waals surface area contributed by atoms with Crippen LogP contribution in [0.5, 0.6) is 0 Å². The van der Waals surface area contributed by atoms with Crippen LogP contribution in [0.4, 0.5) is 0 Å². The Morgan fingerprint density at radius 1 is 0.356 bits per heavy atom. The van der Waals surface area contributed by atoms with Crippen molar-refractivity contribution in [2.45, 2.75) is 5.41 Å². The second-order valence-electron chi connectivity index (χ2n) is 15.3. The van der Waals surface area contributed by atoms with Crippen LogP contribution in [0.25, 0.3) is 90.1 Å². The molecule has 0 saturated heterocycles. The second kappa shape index (κ2) is 13.1. The van der Waals surface area contributed by atoms with E-state index in [2.05, 4.69) is 146 Å². The molecule has 0 amide bonds. The van der Waals surface area contributed by atoms with Gasteiger partial charge < -0.3 is 0 Å². The van der Waals surface area contributed by atoms with Crippen LogP contribution in [0.1, 0.15) is 33.4 Å². The van der Waals surface area contributed by atoms with E-state index in [9.17, 15) is 0 Å². The lowest BCUT2D eigenvalue weighted by Gasteiger charge is -2.36. The minimum atomic E-state index is -0.639. The van der Waals surface area contributed by atoms with E-state index in [1.807, 2.05) is 60.9 Å². The molecule has 2 aliphatic carbocycles. The lowest BCUT2D eigenvalue weighted by atomic mass is 9.64. The molecule has 1 unspecified atom stereocenters. The molecule has 0 saturated carbocycles. The zero-order valence-electron chi connectivity index (χ0n) is 31.9. The smallest absolute Gasteiger partial charge is 0.163 e. The number of aromatic nitrogens is 4. The third-order valence-corrected chi connectivity index (χ3v) is 12.2. The molecule has 1 spiro atoms. The molecule has 0 radical (unpaired) electrons. The molecule has 8 aromatic carbocycles. The van der Waals surface area contributed by atoms with Crippen LogP contribution in [0.3, 0.4) is 0 Å². The quantitative estimate of drug-likeness (QED) is 0.168. The fourth-order valence-electron chi connectivity index (χ4n) is 9.69. The van der Waals surface area contributed by atoms with Crippen LogP contribution in [-0.4, -0.2) is 19.9 Å². The first-order chi connectivity index (χ1) is 29.3. The Bertz CT molecular complexity index is 3320. The predicted molar refractivity (Wildman–Crippen MR) is 241 cm³/mol. The van der Waals surface area contributed by atoms with Crippen LogP contribution in [0.2, 0.25) is 0 Å². The molecule has 0 aliphatic heterocycles. The van der Waals surface area contributed by atoms with Crippen molar-refractivity contribution < 1.29 is 0 Å². The maximum absolute atomic E-state index is 5.30. The molecule has 2 aliphatic rings. The van der Waals surface area contributed by atoms with Crippen molar-refractivity contribution >= 4 is 33.7 Å². The van der Waals surface area contributed by atoms with Gasteiger partial charge in [0.1, 0.15) is 0 Å². The summed E-state index contributed by atoms with van der Waals surface area (Å²) >= 11 is 0. The van der Waals surface area contributed by atoms with Crippen molar-refractivity contribution in [2.75, 3.05) is 0 Å². The van der Waals surface area contributed by atoms with Crippen LogP contribution < -0.4 is 0 Å². The Balaban J connectivity index is 1.14. The van der Waals surface area contributed by atoms with Crippen molar-refractivity contribution in [3.63, 3.8) is 0 Å². The summed E-state index contributed by atoms with van der Waals surface area (Å²) in [7, 11) is 0. The largest absolute Gasteiger partial charge is 0.236 e. The van der Waals surface area contributed by atoms with Gasteiger partial charge >= 0.3 is 0 Å². The number of benzene rings is 8. The van der Waals surface area contributed by atoms with Crippen molar-refractivity contribution in [3.8, 4) is 56.4 Å². The Morgan fingerprint density at radius 3 is 1.66 bits per heavy atom. The first-order valence-corrected chi connectivity index (χ1v) is 20.0. The third-order valence-electron chi connectivity index (χ3n) is 12.2. The van der Waals surface area contributed by atoms with Gasteiger partial charge in [-0.3, -0.25) is 0 Å². The Labute approximate surface area is 341 Å². The van der Waals surface area contributed by atoms with Gasteiger partial charge in [-0.05, 0) is 78.2 Å². The minimum absolute atomic E-state index is 0.574. The zero-order valence-corrected chi connectivity index (χ0v) is 31.9. The first-order valence-electron chi connectivity index (χ1n) is 20.0. The van der Waals surface area contributed by atoms with Gasteiger partial charge in [0.25, 0.3) is 0 Å². The summed E-state index contributed by atoms with van der Waals surface area (Å²) in [6.07, 6.45) is 8.25.